The smallest absolute Gasteiger partial charge is 0.240 e. The zero-order valence-electron chi connectivity index (χ0n) is 8.68. The van der Waals surface area contributed by atoms with Gasteiger partial charge in [-0.2, -0.15) is 5.10 Å². The lowest BCUT2D eigenvalue weighted by Gasteiger charge is -1.99. The number of carbonyl (C=O) groups excluding carboxylic acids is 1. The van der Waals surface area contributed by atoms with E-state index in [0.717, 1.165) is 12.8 Å². The van der Waals surface area contributed by atoms with E-state index >= 15 is 0 Å². The van der Waals surface area contributed by atoms with Crippen molar-refractivity contribution in [1.29, 1.82) is 0 Å². The number of amides is 1. The number of carbonyl (C=O) groups is 1. The van der Waals surface area contributed by atoms with E-state index in [1.54, 1.807) is 13.1 Å². The monoisotopic (exact) mass is 184 g/mol. The molecule has 0 atom stereocenters. The van der Waals surface area contributed by atoms with E-state index in [1.807, 2.05) is 0 Å². The average Bonchev–Trinajstić information content (AvgIpc) is 2.14. The van der Waals surface area contributed by atoms with Crippen LogP contribution in [0, 0.1) is 0 Å². The minimum Gasteiger partial charge on any atom is -0.273 e. The molecule has 0 aliphatic carbocycles. The number of nitrogens with zero attached hydrogens (tertiary/aromatic N) is 1. The second-order valence-corrected chi connectivity index (χ2v) is 3.09. The summed E-state index contributed by atoms with van der Waals surface area (Å²) in [6.07, 6.45) is 8.06. The highest BCUT2D eigenvalue weighted by Crippen LogP contribution is 2.04. The molecule has 0 unspecified atom stereocenters. The largest absolute Gasteiger partial charge is 0.273 e. The third-order valence-electron chi connectivity index (χ3n) is 1.83. The van der Waals surface area contributed by atoms with E-state index in [0.29, 0.717) is 6.42 Å². The van der Waals surface area contributed by atoms with Crippen LogP contribution >= 0.6 is 0 Å². The lowest BCUT2D eigenvalue weighted by molar-refractivity contribution is -0.121. The maximum atomic E-state index is 11.0. The lowest BCUT2D eigenvalue weighted by Crippen LogP contribution is -2.16. The summed E-state index contributed by atoms with van der Waals surface area (Å²) in [5, 5.41) is 3.66. The van der Waals surface area contributed by atoms with Gasteiger partial charge in [-0.3, -0.25) is 4.79 Å². The van der Waals surface area contributed by atoms with Gasteiger partial charge in [-0.05, 0) is 13.3 Å². The van der Waals surface area contributed by atoms with Crippen molar-refractivity contribution in [3.63, 3.8) is 0 Å². The zero-order chi connectivity index (χ0) is 9.94. The highest BCUT2D eigenvalue weighted by Gasteiger charge is 1.97. The first-order valence-electron chi connectivity index (χ1n) is 5.07. The first-order chi connectivity index (χ1) is 6.31. The number of hydrogen-bond donors (Lipinski definition) is 1. The quantitative estimate of drug-likeness (QED) is 0.368. The summed E-state index contributed by atoms with van der Waals surface area (Å²) >= 11 is 0. The van der Waals surface area contributed by atoms with Crippen LogP contribution in [-0.2, 0) is 4.79 Å². The molecule has 0 bridgehead atoms. The van der Waals surface area contributed by atoms with E-state index in [2.05, 4.69) is 17.5 Å². The molecule has 0 heterocycles. The molecular formula is C10H20N2O. The van der Waals surface area contributed by atoms with Gasteiger partial charge in [0.25, 0.3) is 0 Å². The van der Waals surface area contributed by atoms with Crippen LogP contribution < -0.4 is 5.43 Å². The van der Waals surface area contributed by atoms with Crippen LogP contribution in [0.25, 0.3) is 0 Å². The fourth-order valence-electron chi connectivity index (χ4n) is 1.08. The van der Waals surface area contributed by atoms with Crippen molar-refractivity contribution in [3.8, 4) is 0 Å². The predicted molar refractivity (Wildman–Crippen MR) is 55.7 cm³/mol. The van der Waals surface area contributed by atoms with Crippen LogP contribution in [0.5, 0.6) is 0 Å². The minimum atomic E-state index is 0.0228. The molecule has 1 amide bonds. The van der Waals surface area contributed by atoms with Gasteiger partial charge in [-0.15, -0.1) is 0 Å². The Hall–Kier alpha value is -0.860. The molecule has 0 aliphatic rings. The third-order valence-corrected chi connectivity index (χ3v) is 1.83. The molecule has 0 saturated carbocycles. The van der Waals surface area contributed by atoms with Gasteiger partial charge in [0, 0.05) is 12.6 Å². The molecule has 3 nitrogen and oxygen atoms in total. The Kier molecular flexibility index (Phi) is 8.62. The molecule has 1 N–H and O–H groups in total. The summed E-state index contributed by atoms with van der Waals surface area (Å²) in [5.41, 5.74) is 2.45. The van der Waals surface area contributed by atoms with Crippen molar-refractivity contribution >= 4 is 12.1 Å². The highest BCUT2D eigenvalue weighted by molar-refractivity contribution is 5.76. The van der Waals surface area contributed by atoms with Crippen LogP contribution in [0.1, 0.15) is 52.4 Å². The topological polar surface area (TPSA) is 41.5 Å². The Morgan fingerprint density at radius 1 is 1.31 bits per heavy atom. The number of hydrogen-bond acceptors (Lipinski definition) is 2. The number of unbranched alkanes of at least 4 members (excludes halogenated alkanes) is 4. The van der Waals surface area contributed by atoms with E-state index in [1.165, 1.54) is 19.3 Å². The molecule has 76 valence electrons. The molecule has 0 saturated heterocycles. The fraction of sp³-hybridized carbons (Fsp3) is 0.800. The van der Waals surface area contributed by atoms with Gasteiger partial charge < -0.3 is 0 Å². The van der Waals surface area contributed by atoms with Crippen LogP contribution in [0.3, 0.4) is 0 Å². The molecule has 0 aromatic rings. The maximum Gasteiger partial charge on any atom is 0.240 e. The Labute approximate surface area is 80.6 Å². The van der Waals surface area contributed by atoms with Crippen LogP contribution in [0.2, 0.25) is 0 Å². The Balaban J connectivity index is 3.17. The van der Waals surface area contributed by atoms with E-state index in [-0.39, 0.29) is 5.91 Å². The molecule has 0 aromatic heterocycles. The number of hydrazone groups is 1. The normalized spacial score (nSPS) is 10.6. The zero-order valence-corrected chi connectivity index (χ0v) is 8.68. The Bertz CT molecular complexity index is 155. The Morgan fingerprint density at radius 3 is 2.62 bits per heavy atom. The molecular weight excluding hydrogens is 164 g/mol. The van der Waals surface area contributed by atoms with E-state index in [4.69, 9.17) is 0 Å². The number of nitrogens with one attached hydrogen (secondary N) is 1. The molecule has 13 heavy (non-hydrogen) atoms. The van der Waals surface area contributed by atoms with Gasteiger partial charge in [0.15, 0.2) is 0 Å². The second kappa shape index (κ2) is 9.23. The van der Waals surface area contributed by atoms with E-state index < -0.39 is 0 Å². The molecule has 0 fully saturated rings. The van der Waals surface area contributed by atoms with Gasteiger partial charge in [-0.25, -0.2) is 5.43 Å². The Morgan fingerprint density at radius 2 is 2.00 bits per heavy atom. The SMILES string of the molecule is C/C=N\NC(=O)CCCCCCC. The summed E-state index contributed by atoms with van der Waals surface area (Å²) in [5.74, 6) is 0.0228. The standard InChI is InChI=1S/C10H20N2O/c1-3-5-6-7-8-9-10(13)12-11-4-2/h4H,3,5-9H2,1-2H3,(H,12,13)/b11-4-. The molecule has 0 aromatic carbocycles. The molecule has 0 aliphatic heterocycles. The number of rotatable bonds is 7. The van der Waals surface area contributed by atoms with Crippen molar-refractivity contribution in [2.75, 3.05) is 0 Å². The molecule has 0 spiro atoms. The van der Waals surface area contributed by atoms with Crippen molar-refractivity contribution < 1.29 is 4.79 Å². The second-order valence-electron chi connectivity index (χ2n) is 3.09. The summed E-state index contributed by atoms with van der Waals surface area (Å²) < 4.78 is 0. The highest BCUT2D eigenvalue weighted by atomic mass is 16.2. The maximum absolute atomic E-state index is 11.0. The van der Waals surface area contributed by atoms with Crippen molar-refractivity contribution in [2.45, 2.75) is 52.4 Å². The molecule has 0 radical (unpaired) electrons. The summed E-state index contributed by atoms with van der Waals surface area (Å²) in [4.78, 5) is 11.0. The summed E-state index contributed by atoms with van der Waals surface area (Å²) in [6.45, 7) is 3.96. The van der Waals surface area contributed by atoms with E-state index in [9.17, 15) is 4.79 Å². The lowest BCUT2D eigenvalue weighted by atomic mass is 10.1. The van der Waals surface area contributed by atoms with Gasteiger partial charge in [-0.1, -0.05) is 32.6 Å². The van der Waals surface area contributed by atoms with Gasteiger partial charge in [0.05, 0.1) is 0 Å². The molecule has 3 heteroatoms. The van der Waals surface area contributed by atoms with Crippen molar-refractivity contribution in [2.24, 2.45) is 5.10 Å². The van der Waals surface area contributed by atoms with Gasteiger partial charge in [0.2, 0.25) is 5.91 Å². The summed E-state index contributed by atoms with van der Waals surface area (Å²) in [6, 6.07) is 0. The predicted octanol–water partition coefficient (Wildman–Crippen LogP) is 2.47. The van der Waals surface area contributed by atoms with Crippen molar-refractivity contribution in [3.05, 3.63) is 0 Å². The minimum absolute atomic E-state index is 0.0228. The summed E-state index contributed by atoms with van der Waals surface area (Å²) in [7, 11) is 0. The van der Waals surface area contributed by atoms with Crippen LogP contribution in [-0.4, -0.2) is 12.1 Å². The van der Waals surface area contributed by atoms with Crippen LogP contribution in [0.15, 0.2) is 5.10 Å². The van der Waals surface area contributed by atoms with Crippen molar-refractivity contribution in [1.82, 2.24) is 5.43 Å². The third kappa shape index (κ3) is 9.05. The van der Waals surface area contributed by atoms with Gasteiger partial charge >= 0.3 is 0 Å². The first kappa shape index (κ1) is 12.1. The molecule has 0 rings (SSSR count). The average molecular weight is 184 g/mol. The van der Waals surface area contributed by atoms with Gasteiger partial charge in [0.1, 0.15) is 0 Å². The van der Waals surface area contributed by atoms with Crippen LogP contribution in [0.4, 0.5) is 0 Å². The first-order valence-corrected chi connectivity index (χ1v) is 5.07. The fourth-order valence-corrected chi connectivity index (χ4v) is 1.08.